The van der Waals surface area contributed by atoms with Gasteiger partial charge in [-0.2, -0.15) is 0 Å². The first-order valence-corrected chi connectivity index (χ1v) is 16.1. The van der Waals surface area contributed by atoms with E-state index in [0.29, 0.717) is 19.3 Å². The predicted molar refractivity (Wildman–Crippen MR) is 183 cm³/mol. The van der Waals surface area contributed by atoms with Gasteiger partial charge in [-0.05, 0) is 54.7 Å². The fourth-order valence-corrected chi connectivity index (χ4v) is 4.97. The number of Topliss-reactive ketones (excluding diaryl/α,β-unsaturated/α-hetero) is 1. The van der Waals surface area contributed by atoms with Gasteiger partial charge in [-0.15, -0.1) is 0 Å². The van der Waals surface area contributed by atoms with Crippen molar-refractivity contribution in [3.8, 4) is 0 Å². The summed E-state index contributed by atoms with van der Waals surface area (Å²) in [6.07, 6.45) is 4.54. The van der Waals surface area contributed by atoms with E-state index in [1.54, 1.807) is 12.2 Å². The minimum atomic E-state index is -0.880. The van der Waals surface area contributed by atoms with E-state index in [4.69, 9.17) is 16.2 Å². The second-order valence-corrected chi connectivity index (χ2v) is 12.3. The normalized spacial score (nSPS) is 13.2. The van der Waals surface area contributed by atoms with Crippen molar-refractivity contribution in [1.29, 1.82) is 0 Å². The van der Waals surface area contributed by atoms with E-state index in [-0.39, 0.29) is 73.7 Å². The second-order valence-electron chi connectivity index (χ2n) is 12.3. The number of allylic oxidation sites excluding steroid dienone is 1. The molecule has 0 heterocycles. The van der Waals surface area contributed by atoms with Crippen LogP contribution in [0.5, 0.6) is 0 Å². The van der Waals surface area contributed by atoms with Gasteiger partial charge in [0, 0.05) is 31.3 Å². The Morgan fingerprint density at radius 2 is 1.54 bits per heavy atom. The highest BCUT2D eigenvalue weighted by molar-refractivity contribution is 5.94. The number of hydrogen-bond acceptors (Lipinski definition) is 6. The summed E-state index contributed by atoms with van der Waals surface area (Å²) in [5, 5.41) is 5.81. The molecule has 2 aromatic rings. The summed E-state index contributed by atoms with van der Waals surface area (Å²) in [4.78, 5) is 56.4. The minimum absolute atomic E-state index is 0.0218. The van der Waals surface area contributed by atoms with Gasteiger partial charge in [-0.1, -0.05) is 94.4 Å². The van der Waals surface area contributed by atoms with E-state index in [2.05, 4.69) is 15.6 Å². The maximum Gasteiger partial charge on any atom is 0.408 e. The molecule has 6 N–H and O–H groups in total. The highest BCUT2D eigenvalue weighted by Crippen LogP contribution is 2.20. The number of guanidine groups is 1. The smallest absolute Gasteiger partial charge is 0.408 e. The van der Waals surface area contributed by atoms with Gasteiger partial charge in [0.05, 0.1) is 6.04 Å². The molecule has 0 fully saturated rings. The number of nitrogens with zero attached hydrogens (tertiary/aromatic N) is 1. The van der Waals surface area contributed by atoms with Gasteiger partial charge in [0.1, 0.15) is 6.61 Å². The zero-order valence-corrected chi connectivity index (χ0v) is 27.6. The monoisotopic (exact) mass is 633 g/mol. The highest BCUT2D eigenvalue weighted by atomic mass is 16.5. The Hall–Kier alpha value is -4.47. The summed E-state index contributed by atoms with van der Waals surface area (Å²) in [6.45, 7) is 8.33. The van der Waals surface area contributed by atoms with Crippen LogP contribution in [0.25, 0.3) is 6.08 Å². The Labute approximate surface area is 273 Å². The Bertz CT molecular complexity index is 1290. The fourth-order valence-electron chi connectivity index (χ4n) is 4.97. The summed E-state index contributed by atoms with van der Waals surface area (Å²) >= 11 is 0. The number of ketones is 2. The van der Waals surface area contributed by atoms with Crippen molar-refractivity contribution in [2.75, 3.05) is 6.54 Å². The van der Waals surface area contributed by atoms with Crippen LogP contribution in [0.4, 0.5) is 4.79 Å². The standard InChI is InChI=1S/C36H51N5O5/c1-25(2)22-29(34(44)40-31(26(3)4)20-19-30(42)18-17-27-12-7-5-8-13-27)23-33(43)32(16-11-21-39-35(37)38)41-36(45)46-24-28-14-9-6-10-15-28/h5-10,12-15,17-18,25-26,29,31-32H,11,16,19-24H2,1-4H3,(H,40,44)(H,41,45)(H4,37,38,39)/b18-17+. The van der Waals surface area contributed by atoms with Crippen LogP contribution in [0, 0.1) is 17.8 Å². The number of carbonyl (C=O) groups excluding carboxylic acids is 4. The topological polar surface area (TPSA) is 166 Å². The van der Waals surface area contributed by atoms with E-state index >= 15 is 0 Å². The number of hydrogen-bond donors (Lipinski definition) is 4. The second kappa shape index (κ2) is 20.5. The first-order chi connectivity index (χ1) is 21.9. The Kier molecular flexibility index (Phi) is 16.8. The van der Waals surface area contributed by atoms with E-state index in [0.717, 1.165) is 11.1 Å². The number of carbonyl (C=O) groups is 4. The van der Waals surface area contributed by atoms with E-state index in [9.17, 15) is 19.2 Å². The van der Waals surface area contributed by atoms with Gasteiger partial charge in [-0.3, -0.25) is 19.4 Å². The molecule has 0 spiro atoms. The van der Waals surface area contributed by atoms with Crippen molar-refractivity contribution < 1.29 is 23.9 Å². The van der Waals surface area contributed by atoms with Gasteiger partial charge < -0.3 is 26.8 Å². The summed E-state index contributed by atoms with van der Waals surface area (Å²) in [5.74, 6) is -0.968. The summed E-state index contributed by atoms with van der Waals surface area (Å²) in [6, 6.07) is 17.7. The third-order valence-corrected chi connectivity index (χ3v) is 7.51. The van der Waals surface area contributed by atoms with Crippen LogP contribution < -0.4 is 22.1 Å². The average Bonchev–Trinajstić information content (AvgIpc) is 3.02. The van der Waals surface area contributed by atoms with Crippen LogP contribution >= 0.6 is 0 Å². The number of amides is 2. The van der Waals surface area contributed by atoms with Gasteiger partial charge in [-0.25, -0.2) is 4.79 Å². The van der Waals surface area contributed by atoms with Gasteiger partial charge in [0.25, 0.3) is 0 Å². The SMILES string of the molecule is CC(C)CC(CC(=O)C(CCCN=C(N)N)NC(=O)OCc1ccccc1)C(=O)NC(CCC(=O)/C=C/c1ccccc1)C(C)C. The van der Waals surface area contributed by atoms with Crippen molar-refractivity contribution in [2.24, 2.45) is 34.2 Å². The third-order valence-electron chi connectivity index (χ3n) is 7.51. The molecule has 0 saturated heterocycles. The molecule has 10 heteroatoms. The Morgan fingerprint density at radius 1 is 0.891 bits per heavy atom. The molecule has 0 aromatic heterocycles. The lowest BCUT2D eigenvalue weighted by molar-refractivity contribution is -0.131. The number of benzene rings is 2. The van der Waals surface area contributed by atoms with Crippen molar-refractivity contribution in [3.63, 3.8) is 0 Å². The highest BCUT2D eigenvalue weighted by Gasteiger charge is 2.30. The average molecular weight is 634 g/mol. The number of nitrogens with one attached hydrogen (secondary N) is 2. The molecular formula is C36H51N5O5. The Balaban J connectivity index is 2.06. The summed E-state index contributed by atoms with van der Waals surface area (Å²) < 4.78 is 5.36. The molecule has 0 aliphatic carbocycles. The van der Waals surface area contributed by atoms with Crippen LogP contribution in [0.1, 0.15) is 77.3 Å². The lowest BCUT2D eigenvalue weighted by atomic mass is 9.88. The van der Waals surface area contributed by atoms with Crippen LogP contribution in [0.3, 0.4) is 0 Å². The largest absolute Gasteiger partial charge is 0.445 e. The predicted octanol–water partition coefficient (Wildman–Crippen LogP) is 5.16. The molecular weight excluding hydrogens is 582 g/mol. The molecule has 3 unspecified atom stereocenters. The molecule has 2 rings (SSSR count). The zero-order chi connectivity index (χ0) is 33.9. The number of rotatable bonds is 20. The molecule has 46 heavy (non-hydrogen) atoms. The molecule has 2 aromatic carbocycles. The van der Waals surface area contributed by atoms with Crippen molar-refractivity contribution >= 4 is 35.6 Å². The quantitative estimate of drug-likeness (QED) is 0.0676. The van der Waals surface area contributed by atoms with E-state index in [1.807, 2.05) is 88.4 Å². The molecule has 0 radical (unpaired) electrons. The molecule has 250 valence electrons. The maximum atomic E-state index is 13.6. The van der Waals surface area contributed by atoms with Gasteiger partial charge in [0.15, 0.2) is 17.5 Å². The number of aliphatic imine (C=N–C) groups is 1. The number of ether oxygens (including phenoxy) is 1. The first-order valence-electron chi connectivity index (χ1n) is 16.1. The van der Waals surface area contributed by atoms with E-state index < -0.39 is 18.1 Å². The van der Waals surface area contributed by atoms with E-state index in [1.165, 1.54) is 0 Å². The Morgan fingerprint density at radius 3 is 2.15 bits per heavy atom. The molecule has 0 saturated carbocycles. The lowest BCUT2D eigenvalue weighted by Gasteiger charge is -2.27. The first kappa shape index (κ1) is 37.7. The molecule has 10 nitrogen and oxygen atoms in total. The van der Waals surface area contributed by atoms with Crippen molar-refractivity contribution in [2.45, 2.75) is 84.9 Å². The summed E-state index contributed by atoms with van der Waals surface area (Å²) in [5.41, 5.74) is 12.6. The van der Waals surface area contributed by atoms with Crippen molar-refractivity contribution in [1.82, 2.24) is 10.6 Å². The van der Waals surface area contributed by atoms with Crippen LogP contribution in [-0.2, 0) is 25.7 Å². The zero-order valence-electron chi connectivity index (χ0n) is 27.6. The maximum absolute atomic E-state index is 13.6. The molecule has 2 amide bonds. The molecule has 0 bridgehead atoms. The van der Waals surface area contributed by atoms with Crippen LogP contribution in [0.15, 0.2) is 71.7 Å². The molecule has 0 aliphatic heterocycles. The fraction of sp³-hybridized carbons (Fsp3) is 0.472. The number of alkyl carbamates (subject to hydrolysis) is 1. The third kappa shape index (κ3) is 15.5. The minimum Gasteiger partial charge on any atom is -0.445 e. The van der Waals surface area contributed by atoms with Gasteiger partial charge in [0.2, 0.25) is 5.91 Å². The number of nitrogens with two attached hydrogens (primary N) is 2. The van der Waals surface area contributed by atoms with Crippen LogP contribution in [0.2, 0.25) is 0 Å². The summed E-state index contributed by atoms with van der Waals surface area (Å²) in [7, 11) is 0. The van der Waals surface area contributed by atoms with Gasteiger partial charge >= 0.3 is 6.09 Å². The van der Waals surface area contributed by atoms with Crippen LogP contribution in [-0.4, -0.2) is 48.2 Å². The lowest BCUT2D eigenvalue weighted by Crippen LogP contribution is -2.45. The van der Waals surface area contributed by atoms with Crippen molar-refractivity contribution in [3.05, 3.63) is 77.9 Å². The molecule has 3 atom stereocenters. The molecule has 0 aliphatic rings.